The van der Waals surface area contributed by atoms with E-state index in [0.717, 1.165) is 27.7 Å². The van der Waals surface area contributed by atoms with Crippen molar-refractivity contribution in [1.29, 1.82) is 0 Å². The second-order valence-electron chi connectivity index (χ2n) is 7.26. The minimum Gasteiger partial charge on any atom is -0.322 e. The lowest BCUT2D eigenvalue weighted by Crippen LogP contribution is -2.33. The van der Waals surface area contributed by atoms with Crippen LogP contribution >= 0.6 is 0 Å². The van der Waals surface area contributed by atoms with Crippen LogP contribution in [0.2, 0.25) is 0 Å². The molecule has 0 bridgehead atoms. The molecule has 1 heterocycles. The second-order valence-corrected chi connectivity index (χ2v) is 7.26. The van der Waals surface area contributed by atoms with Gasteiger partial charge >= 0.3 is 0 Å². The predicted octanol–water partition coefficient (Wildman–Crippen LogP) is 4.99. The van der Waals surface area contributed by atoms with E-state index >= 15 is 0 Å². The van der Waals surface area contributed by atoms with Gasteiger partial charge < -0.3 is 9.88 Å². The number of hydrogen-bond donors (Lipinski definition) is 1. The molecule has 3 aromatic carbocycles. The van der Waals surface area contributed by atoms with Crippen LogP contribution in [0.25, 0.3) is 10.9 Å². The number of aryl methyl sites for hydroxylation is 2. The molecule has 0 aliphatic rings. The summed E-state index contributed by atoms with van der Waals surface area (Å²) in [6, 6.07) is 24.7. The van der Waals surface area contributed by atoms with Crippen molar-refractivity contribution in [2.24, 2.45) is 0 Å². The summed E-state index contributed by atoms with van der Waals surface area (Å²) in [5.41, 5.74) is 4.62. The minimum atomic E-state index is -0.178. The molecule has 4 aromatic rings. The number of nitrogens with one attached hydrogen (secondary N) is 1. The Morgan fingerprint density at radius 3 is 2.38 bits per heavy atom. The van der Waals surface area contributed by atoms with Gasteiger partial charge in [-0.25, -0.2) is 0 Å². The van der Waals surface area contributed by atoms with Crippen LogP contribution in [-0.2, 0) is 6.54 Å². The van der Waals surface area contributed by atoms with Crippen molar-refractivity contribution >= 4 is 22.5 Å². The number of hydrogen-bond acceptors (Lipinski definition) is 2. The Morgan fingerprint density at radius 2 is 1.62 bits per heavy atom. The normalized spacial score (nSPS) is 10.8. The van der Waals surface area contributed by atoms with Gasteiger partial charge in [0.15, 0.2) is 0 Å². The van der Waals surface area contributed by atoms with E-state index in [2.05, 4.69) is 4.98 Å². The number of carbonyl (C=O) groups is 1. The van der Waals surface area contributed by atoms with Crippen molar-refractivity contribution in [3.05, 3.63) is 111 Å². The average Bonchev–Trinajstić information content (AvgIpc) is 2.73. The van der Waals surface area contributed by atoms with Crippen LogP contribution in [0, 0.1) is 13.8 Å². The molecule has 1 amide bonds. The molecule has 0 radical (unpaired) electrons. The Bertz CT molecular complexity index is 1240. The van der Waals surface area contributed by atoms with Crippen molar-refractivity contribution < 1.29 is 4.79 Å². The fourth-order valence-electron chi connectivity index (χ4n) is 3.52. The Morgan fingerprint density at radius 1 is 0.897 bits per heavy atom. The molecule has 29 heavy (non-hydrogen) atoms. The number of pyridine rings is 1. The van der Waals surface area contributed by atoms with Gasteiger partial charge in [0.2, 0.25) is 0 Å². The number of H-pyrrole nitrogens is 1. The average molecular weight is 382 g/mol. The lowest BCUT2D eigenvalue weighted by atomic mass is 10.1. The summed E-state index contributed by atoms with van der Waals surface area (Å²) in [6.45, 7) is 4.15. The topological polar surface area (TPSA) is 53.2 Å². The van der Waals surface area contributed by atoms with Gasteiger partial charge in [0, 0.05) is 22.3 Å². The molecular weight excluding hydrogens is 360 g/mol. The van der Waals surface area contributed by atoms with Gasteiger partial charge in [-0.1, -0.05) is 48.5 Å². The smallest absolute Gasteiger partial charge is 0.258 e. The van der Waals surface area contributed by atoms with E-state index in [4.69, 9.17) is 0 Å². The molecule has 0 fully saturated rings. The molecule has 0 unspecified atom stereocenters. The maximum absolute atomic E-state index is 13.3. The number of rotatable bonds is 4. The van der Waals surface area contributed by atoms with Crippen molar-refractivity contribution in [3.63, 3.8) is 0 Å². The molecule has 4 rings (SSSR count). The van der Waals surface area contributed by atoms with Crippen LogP contribution in [0.1, 0.15) is 27.0 Å². The summed E-state index contributed by atoms with van der Waals surface area (Å²) in [5, 5.41) is 0.946. The number of carbonyl (C=O) groups excluding carboxylic acids is 1. The van der Waals surface area contributed by atoms with Gasteiger partial charge in [-0.2, -0.15) is 0 Å². The fourth-order valence-corrected chi connectivity index (χ4v) is 3.52. The number of aromatic nitrogens is 1. The summed E-state index contributed by atoms with van der Waals surface area (Å²) in [7, 11) is 0. The summed E-state index contributed by atoms with van der Waals surface area (Å²) >= 11 is 0. The Kier molecular flexibility index (Phi) is 5.00. The van der Waals surface area contributed by atoms with Gasteiger partial charge in [-0.3, -0.25) is 9.59 Å². The van der Waals surface area contributed by atoms with Gasteiger partial charge in [0.25, 0.3) is 11.5 Å². The number of fused-ring (bicyclic) bond motifs is 1. The monoisotopic (exact) mass is 382 g/mol. The molecule has 0 saturated carbocycles. The van der Waals surface area contributed by atoms with Crippen LogP contribution < -0.4 is 10.5 Å². The number of benzene rings is 3. The van der Waals surface area contributed by atoms with Gasteiger partial charge in [-0.05, 0) is 60.7 Å². The minimum absolute atomic E-state index is 0.136. The molecule has 0 spiro atoms. The lowest BCUT2D eigenvalue weighted by molar-refractivity contribution is 0.0985. The quantitative estimate of drug-likeness (QED) is 0.540. The third-order valence-electron chi connectivity index (χ3n) is 5.08. The van der Waals surface area contributed by atoms with E-state index in [1.165, 1.54) is 0 Å². The van der Waals surface area contributed by atoms with Crippen LogP contribution in [-0.4, -0.2) is 10.9 Å². The van der Waals surface area contributed by atoms with Crippen LogP contribution in [0.3, 0.4) is 0 Å². The predicted molar refractivity (Wildman–Crippen MR) is 117 cm³/mol. The largest absolute Gasteiger partial charge is 0.322 e. The van der Waals surface area contributed by atoms with Crippen molar-refractivity contribution in [3.8, 4) is 0 Å². The van der Waals surface area contributed by atoms with Crippen LogP contribution in [0.5, 0.6) is 0 Å². The Balaban J connectivity index is 1.80. The number of nitrogens with zero attached hydrogens (tertiary/aromatic N) is 1. The van der Waals surface area contributed by atoms with E-state index in [-0.39, 0.29) is 18.0 Å². The zero-order valence-corrected chi connectivity index (χ0v) is 16.5. The highest BCUT2D eigenvalue weighted by Crippen LogP contribution is 2.24. The molecule has 4 nitrogen and oxygen atoms in total. The van der Waals surface area contributed by atoms with E-state index in [0.29, 0.717) is 11.1 Å². The first-order valence-electron chi connectivity index (χ1n) is 9.58. The molecule has 144 valence electrons. The first-order valence-corrected chi connectivity index (χ1v) is 9.58. The summed E-state index contributed by atoms with van der Waals surface area (Å²) < 4.78 is 0. The molecule has 0 aliphatic carbocycles. The Labute approximate surface area is 169 Å². The molecule has 4 heteroatoms. The standard InChI is InChI=1S/C25H22N2O2/c1-17-12-13-20-15-21(24(28)26-22(20)14-17)16-27(23-11-7-6-8-18(23)2)25(29)19-9-4-3-5-10-19/h3-15H,16H2,1-2H3,(H,26,28). The van der Waals surface area contributed by atoms with Gasteiger partial charge in [0.1, 0.15) is 0 Å². The molecule has 0 atom stereocenters. The van der Waals surface area contributed by atoms with E-state index in [1.54, 1.807) is 17.0 Å². The first-order chi connectivity index (χ1) is 14.0. The summed E-state index contributed by atoms with van der Waals surface area (Å²) in [4.78, 5) is 30.7. The maximum atomic E-state index is 13.3. The number of para-hydroxylation sites is 1. The van der Waals surface area contributed by atoms with Gasteiger partial charge in [-0.15, -0.1) is 0 Å². The van der Waals surface area contributed by atoms with Crippen LogP contribution in [0.4, 0.5) is 5.69 Å². The molecule has 1 N–H and O–H groups in total. The zero-order valence-electron chi connectivity index (χ0n) is 16.5. The molecule has 0 saturated heterocycles. The molecular formula is C25H22N2O2. The van der Waals surface area contributed by atoms with E-state index in [9.17, 15) is 9.59 Å². The highest BCUT2D eigenvalue weighted by Gasteiger charge is 2.21. The van der Waals surface area contributed by atoms with Crippen molar-refractivity contribution in [1.82, 2.24) is 4.98 Å². The first kappa shape index (κ1) is 18.7. The van der Waals surface area contributed by atoms with Crippen molar-refractivity contribution in [2.75, 3.05) is 4.90 Å². The zero-order chi connectivity index (χ0) is 20.4. The highest BCUT2D eigenvalue weighted by molar-refractivity contribution is 6.06. The second kappa shape index (κ2) is 7.76. The SMILES string of the molecule is Cc1ccc2cc(CN(C(=O)c3ccccc3)c3ccccc3C)c(=O)[nH]c2c1. The van der Waals surface area contributed by atoms with E-state index < -0.39 is 0 Å². The summed E-state index contributed by atoms with van der Waals surface area (Å²) in [6.07, 6.45) is 0. The number of anilines is 1. The fraction of sp³-hybridized carbons (Fsp3) is 0.120. The third kappa shape index (κ3) is 3.83. The van der Waals surface area contributed by atoms with E-state index in [1.807, 2.05) is 80.6 Å². The molecule has 0 aliphatic heterocycles. The maximum Gasteiger partial charge on any atom is 0.258 e. The van der Waals surface area contributed by atoms with Gasteiger partial charge in [0.05, 0.1) is 6.54 Å². The van der Waals surface area contributed by atoms with Crippen LogP contribution in [0.15, 0.2) is 83.7 Å². The molecule has 1 aromatic heterocycles. The summed E-state index contributed by atoms with van der Waals surface area (Å²) in [5.74, 6) is -0.136. The highest BCUT2D eigenvalue weighted by atomic mass is 16.2. The number of amides is 1. The van der Waals surface area contributed by atoms with Crippen molar-refractivity contribution in [2.45, 2.75) is 20.4 Å². The third-order valence-corrected chi connectivity index (χ3v) is 5.08. The lowest BCUT2D eigenvalue weighted by Gasteiger charge is -2.24. The Hall–Kier alpha value is -3.66. The number of aromatic amines is 1.